The molecular formula is C17H22FN5O2. The van der Waals surface area contributed by atoms with Crippen LogP contribution in [0.4, 0.5) is 16.2 Å². The van der Waals surface area contributed by atoms with E-state index in [1.165, 1.54) is 19.2 Å². The highest BCUT2D eigenvalue weighted by Crippen LogP contribution is 2.17. The summed E-state index contributed by atoms with van der Waals surface area (Å²) in [5, 5.41) is 5.77. The molecule has 8 heteroatoms. The average Bonchev–Trinajstić information content (AvgIpc) is 2.58. The van der Waals surface area contributed by atoms with E-state index >= 15 is 0 Å². The number of methoxy groups -OCH3 is 1. The predicted octanol–water partition coefficient (Wildman–Crippen LogP) is 1.84. The maximum atomic E-state index is 13.6. The first-order chi connectivity index (χ1) is 11.9. The quantitative estimate of drug-likeness (QED) is 0.744. The van der Waals surface area contributed by atoms with Gasteiger partial charge in [-0.25, -0.2) is 9.37 Å². The molecule has 0 atom stereocenters. The molecule has 0 unspecified atom stereocenters. The number of ether oxygens (including phenoxy) is 1. The largest absolute Gasteiger partial charge is 0.494 e. The normalized spacial score (nSPS) is 10.3. The smallest absolute Gasteiger partial charge is 0.251 e. The molecule has 0 aliphatic heterocycles. The van der Waals surface area contributed by atoms with Crippen LogP contribution in [-0.2, 0) is 0 Å². The molecular weight excluding hydrogens is 325 g/mol. The Labute approximate surface area is 146 Å². The Morgan fingerprint density at radius 3 is 2.64 bits per heavy atom. The van der Waals surface area contributed by atoms with E-state index in [4.69, 9.17) is 4.74 Å². The summed E-state index contributed by atoms with van der Waals surface area (Å²) in [5.41, 5.74) is 1.08. The number of benzene rings is 1. The maximum Gasteiger partial charge on any atom is 0.251 e. The molecule has 2 N–H and O–H groups in total. The highest BCUT2D eigenvalue weighted by Gasteiger charge is 2.10. The lowest BCUT2D eigenvalue weighted by Crippen LogP contribution is -2.29. The molecule has 0 bridgehead atoms. The Bertz CT molecular complexity index is 752. The number of aromatic nitrogens is 2. The lowest BCUT2D eigenvalue weighted by Gasteiger charge is -2.14. The molecule has 1 heterocycles. The Kier molecular flexibility index (Phi) is 6.10. The van der Waals surface area contributed by atoms with Crippen molar-refractivity contribution >= 4 is 17.7 Å². The van der Waals surface area contributed by atoms with Gasteiger partial charge in [0.25, 0.3) is 5.91 Å². The first-order valence-corrected chi connectivity index (χ1v) is 7.79. The van der Waals surface area contributed by atoms with Crippen LogP contribution in [-0.4, -0.2) is 50.2 Å². The summed E-state index contributed by atoms with van der Waals surface area (Å²) in [6.07, 6.45) is 0. The van der Waals surface area contributed by atoms with Crippen molar-refractivity contribution in [1.29, 1.82) is 0 Å². The minimum atomic E-state index is -0.572. The third-order valence-corrected chi connectivity index (χ3v) is 3.41. The maximum absolute atomic E-state index is 13.6. The van der Waals surface area contributed by atoms with Crippen LogP contribution in [0.15, 0.2) is 24.3 Å². The molecule has 25 heavy (non-hydrogen) atoms. The summed E-state index contributed by atoms with van der Waals surface area (Å²) in [4.78, 5) is 22.6. The van der Waals surface area contributed by atoms with Crippen molar-refractivity contribution in [1.82, 2.24) is 15.3 Å². The number of rotatable bonds is 7. The summed E-state index contributed by atoms with van der Waals surface area (Å²) in [7, 11) is 5.18. The van der Waals surface area contributed by atoms with E-state index < -0.39 is 5.82 Å². The standard InChI is InChI=1S/C17H22FN5O2/c1-11-9-15(23(2)3)22-17(21-11)20-8-7-19-16(24)12-5-6-14(25-4)13(18)10-12/h5-6,9-10H,7-8H2,1-4H3,(H,19,24)(H,20,21,22). The SMILES string of the molecule is COc1ccc(C(=O)NCCNc2nc(C)cc(N(C)C)n2)cc1F. The monoisotopic (exact) mass is 347 g/mol. The van der Waals surface area contributed by atoms with E-state index in [2.05, 4.69) is 20.6 Å². The van der Waals surface area contributed by atoms with Gasteiger partial charge in [0.05, 0.1) is 7.11 Å². The van der Waals surface area contributed by atoms with Crippen LogP contribution in [0.1, 0.15) is 16.1 Å². The fraction of sp³-hybridized carbons (Fsp3) is 0.353. The molecule has 1 amide bonds. The van der Waals surface area contributed by atoms with Crippen LogP contribution >= 0.6 is 0 Å². The van der Waals surface area contributed by atoms with Crippen molar-refractivity contribution in [3.05, 3.63) is 41.3 Å². The van der Waals surface area contributed by atoms with Gasteiger partial charge in [-0.15, -0.1) is 0 Å². The average molecular weight is 347 g/mol. The number of hydrogen-bond donors (Lipinski definition) is 2. The van der Waals surface area contributed by atoms with E-state index in [-0.39, 0.29) is 17.2 Å². The zero-order chi connectivity index (χ0) is 18.4. The second-order valence-corrected chi connectivity index (χ2v) is 5.62. The minimum absolute atomic E-state index is 0.103. The molecule has 0 fully saturated rings. The zero-order valence-corrected chi connectivity index (χ0v) is 14.8. The molecule has 1 aromatic carbocycles. The number of carbonyl (C=O) groups excluding carboxylic acids is 1. The van der Waals surface area contributed by atoms with Gasteiger partial charge >= 0.3 is 0 Å². The first-order valence-electron chi connectivity index (χ1n) is 7.79. The highest BCUT2D eigenvalue weighted by molar-refractivity contribution is 5.94. The lowest BCUT2D eigenvalue weighted by atomic mass is 10.2. The first kappa shape index (κ1) is 18.4. The van der Waals surface area contributed by atoms with Crippen LogP contribution in [0.2, 0.25) is 0 Å². The summed E-state index contributed by atoms with van der Waals surface area (Å²) in [5.74, 6) is 0.466. The van der Waals surface area contributed by atoms with E-state index in [9.17, 15) is 9.18 Å². The van der Waals surface area contributed by atoms with Crippen LogP contribution < -0.4 is 20.3 Å². The number of carbonyl (C=O) groups is 1. The van der Waals surface area contributed by atoms with Crippen molar-refractivity contribution in [2.24, 2.45) is 0 Å². The number of anilines is 2. The topological polar surface area (TPSA) is 79.4 Å². The Balaban J connectivity index is 1.87. The molecule has 0 radical (unpaired) electrons. The number of halogens is 1. The Morgan fingerprint density at radius 2 is 2.00 bits per heavy atom. The third kappa shape index (κ3) is 5.03. The van der Waals surface area contributed by atoms with Gasteiger partial charge in [-0.3, -0.25) is 4.79 Å². The van der Waals surface area contributed by atoms with Crippen LogP contribution in [0.3, 0.4) is 0 Å². The number of aryl methyl sites for hydroxylation is 1. The van der Waals surface area contributed by atoms with Crippen molar-refractivity contribution in [2.45, 2.75) is 6.92 Å². The van der Waals surface area contributed by atoms with Gasteiger partial charge in [0.1, 0.15) is 5.82 Å². The zero-order valence-electron chi connectivity index (χ0n) is 14.8. The van der Waals surface area contributed by atoms with Gasteiger partial charge in [-0.1, -0.05) is 0 Å². The third-order valence-electron chi connectivity index (χ3n) is 3.41. The van der Waals surface area contributed by atoms with Gasteiger partial charge in [0, 0.05) is 44.5 Å². The molecule has 0 saturated heterocycles. The fourth-order valence-corrected chi connectivity index (χ4v) is 2.12. The molecule has 0 spiro atoms. The summed E-state index contributed by atoms with van der Waals surface area (Å²) >= 11 is 0. The van der Waals surface area contributed by atoms with Crippen LogP contribution in [0, 0.1) is 12.7 Å². The van der Waals surface area contributed by atoms with Crippen LogP contribution in [0.25, 0.3) is 0 Å². The molecule has 2 aromatic rings. The van der Waals surface area contributed by atoms with Gasteiger partial charge in [0.15, 0.2) is 11.6 Å². The Morgan fingerprint density at radius 1 is 1.24 bits per heavy atom. The molecule has 0 aliphatic carbocycles. The number of nitrogens with zero attached hydrogens (tertiary/aromatic N) is 3. The Hall–Kier alpha value is -2.90. The number of amides is 1. The molecule has 0 saturated carbocycles. The van der Waals surface area contributed by atoms with Crippen molar-refractivity contribution in [2.75, 3.05) is 44.5 Å². The predicted molar refractivity (Wildman–Crippen MR) is 94.9 cm³/mol. The van der Waals surface area contributed by atoms with E-state index in [1.54, 1.807) is 0 Å². The summed E-state index contributed by atoms with van der Waals surface area (Å²) in [6.45, 7) is 2.68. The van der Waals surface area contributed by atoms with Gasteiger partial charge in [-0.2, -0.15) is 4.98 Å². The van der Waals surface area contributed by atoms with Crippen molar-refractivity contribution in [3.63, 3.8) is 0 Å². The summed E-state index contributed by atoms with van der Waals surface area (Å²) in [6, 6.07) is 5.96. The second-order valence-electron chi connectivity index (χ2n) is 5.62. The van der Waals surface area contributed by atoms with Gasteiger partial charge in [0.2, 0.25) is 5.95 Å². The number of hydrogen-bond acceptors (Lipinski definition) is 6. The van der Waals surface area contributed by atoms with Crippen molar-refractivity contribution in [3.8, 4) is 5.75 Å². The molecule has 1 aromatic heterocycles. The van der Waals surface area contributed by atoms with E-state index in [0.29, 0.717) is 19.0 Å². The lowest BCUT2D eigenvalue weighted by molar-refractivity contribution is 0.0954. The van der Waals surface area contributed by atoms with Gasteiger partial charge < -0.3 is 20.3 Å². The van der Waals surface area contributed by atoms with Crippen molar-refractivity contribution < 1.29 is 13.9 Å². The van der Waals surface area contributed by atoms with Gasteiger partial charge in [-0.05, 0) is 25.1 Å². The molecule has 2 rings (SSSR count). The highest BCUT2D eigenvalue weighted by atomic mass is 19.1. The summed E-state index contributed by atoms with van der Waals surface area (Å²) < 4.78 is 18.5. The van der Waals surface area contributed by atoms with E-state index in [1.807, 2.05) is 32.0 Å². The fourth-order valence-electron chi connectivity index (χ4n) is 2.12. The van der Waals surface area contributed by atoms with Crippen LogP contribution in [0.5, 0.6) is 5.75 Å². The number of nitrogens with one attached hydrogen (secondary N) is 2. The minimum Gasteiger partial charge on any atom is -0.494 e. The van der Waals surface area contributed by atoms with E-state index in [0.717, 1.165) is 17.6 Å². The second kappa shape index (κ2) is 8.27. The molecule has 134 valence electrons. The molecule has 0 aliphatic rings. The molecule has 7 nitrogen and oxygen atoms in total.